The molecule has 180 valence electrons. The van der Waals surface area contributed by atoms with Crippen LogP contribution in [0.3, 0.4) is 0 Å². The Labute approximate surface area is 207 Å². The lowest BCUT2D eigenvalue weighted by Gasteiger charge is -2.41. The largest absolute Gasteiger partial charge is 0.340 e. The van der Waals surface area contributed by atoms with Crippen molar-refractivity contribution in [3.05, 3.63) is 47.9 Å². The molecule has 4 aromatic rings. The van der Waals surface area contributed by atoms with Crippen LogP contribution in [0.4, 0.5) is 16.3 Å². The van der Waals surface area contributed by atoms with Gasteiger partial charge >= 0.3 is 6.03 Å². The standard InChI is InChI=1S/C25H28N8OS/c1-15-12-33(16(2)11-26-15)25(34)32-7-5-17(6-8-32)21-10-19-23(27-13-28-24(19)31-21)30-18-3-4-20-22(9-18)35-14-29-20/h3-5,9-10,13-16,26H,6-8,11-12H2,1-2H3,(H2,27,28,30,31)/t15-,16+/m1/s1. The highest BCUT2D eigenvalue weighted by Gasteiger charge is 2.30. The number of amides is 2. The second kappa shape index (κ2) is 8.94. The van der Waals surface area contributed by atoms with Gasteiger partial charge in [0.1, 0.15) is 17.8 Å². The fourth-order valence-electron chi connectivity index (χ4n) is 4.84. The summed E-state index contributed by atoms with van der Waals surface area (Å²) in [6, 6.07) is 8.88. The molecule has 0 unspecified atom stereocenters. The number of thiazole rings is 1. The Bertz CT molecular complexity index is 1430. The van der Waals surface area contributed by atoms with E-state index in [0.717, 1.165) is 58.0 Å². The normalized spacial score (nSPS) is 20.9. The quantitative estimate of drug-likeness (QED) is 0.399. The molecule has 9 nitrogen and oxygen atoms in total. The van der Waals surface area contributed by atoms with Crippen molar-refractivity contribution < 1.29 is 4.79 Å². The molecule has 0 bridgehead atoms. The van der Waals surface area contributed by atoms with Crippen LogP contribution in [0.15, 0.2) is 42.2 Å². The summed E-state index contributed by atoms with van der Waals surface area (Å²) in [5, 5.41) is 7.82. The van der Waals surface area contributed by atoms with E-state index in [1.165, 1.54) is 5.57 Å². The zero-order chi connectivity index (χ0) is 23.9. The molecule has 1 saturated heterocycles. The summed E-state index contributed by atoms with van der Waals surface area (Å²) in [6.07, 6.45) is 4.52. The molecule has 2 atom stereocenters. The fourth-order valence-corrected chi connectivity index (χ4v) is 5.56. The summed E-state index contributed by atoms with van der Waals surface area (Å²) >= 11 is 1.62. The Morgan fingerprint density at radius 2 is 2.11 bits per heavy atom. The molecule has 3 aromatic heterocycles. The van der Waals surface area contributed by atoms with Gasteiger partial charge in [0.15, 0.2) is 0 Å². The van der Waals surface area contributed by atoms with Crippen molar-refractivity contribution in [2.75, 3.05) is 31.5 Å². The van der Waals surface area contributed by atoms with Gasteiger partial charge < -0.3 is 25.4 Å². The highest BCUT2D eigenvalue weighted by atomic mass is 32.1. The van der Waals surface area contributed by atoms with Crippen LogP contribution in [0.5, 0.6) is 0 Å². The Balaban J connectivity index is 1.20. The number of carbonyl (C=O) groups excluding carboxylic acids is 1. The maximum atomic E-state index is 13.1. The number of rotatable bonds is 3. The van der Waals surface area contributed by atoms with Gasteiger partial charge in [0.2, 0.25) is 0 Å². The molecule has 2 aliphatic heterocycles. The maximum absolute atomic E-state index is 13.1. The third-order valence-electron chi connectivity index (χ3n) is 6.86. The van der Waals surface area contributed by atoms with Crippen LogP contribution < -0.4 is 10.6 Å². The van der Waals surface area contributed by atoms with Crippen molar-refractivity contribution in [1.82, 2.24) is 35.1 Å². The minimum absolute atomic E-state index is 0.132. The monoisotopic (exact) mass is 488 g/mol. The van der Waals surface area contributed by atoms with E-state index in [1.807, 2.05) is 27.4 Å². The number of anilines is 2. The van der Waals surface area contributed by atoms with Crippen molar-refractivity contribution in [2.45, 2.75) is 32.4 Å². The molecule has 6 rings (SSSR count). The lowest BCUT2D eigenvalue weighted by molar-refractivity contribution is 0.118. The minimum Gasteiger partial charge on any atom is -0.340 e. The average molecular weight is 489 g/mol. The predicted molar refractivity (Wildman–Crippen MR) is 140 cm³/mol. The van der Waals surface area contributed by atoms with Crippen molar-refractivity contribution in [3.63, 3.8) is 0 Å². The number of H-pyrrole nitrogens is 1. The van der Waals surface area contributed by atoms with Crippen LogP contribution in [0.2, 0.25) is 0 Å². The van der Waals surface area contributed by atoms with Crippen LogP contribution in [0.1, 0.15) is 26.0 Å². The Morgan fingerprint density at radius 3 is 2.97 bits per heavy atom. The SMILES string of the molecule is C[C@@H]1CN(C(=O)N2CC=C(c3cc4c(Nc5ccc6ncsc6c5)ncnc4[nH]3)CC2)[C@@H](C)CN1. The number of carbonyl (C=O) groups is 1. The summed E-state index contributed by atoms with van der Waals surface area (Å²) in [6.45, 7) is 7.14. The maximum Gasteiger partial charge on any atom is 0.320 e. The van der Waals surface area contributed by atoms with Gasteiger partial charge in [0.25, 0.3) is 0 Å². The number of aromatic amines is 1. The number of aromatic nitrogens is 4. The Morgan fingerprint density at radius 1 is 1.20 bits per heavy atom. The molecule has 0 spiro atoms. The van der Waals surface area contributed by atoms with E-state index in [2.05, 4.69) is 62.6 Å². The third-order valence-corrected chi connectivity index (χ3v) is 7.65. The van der Waals surface area contributed by atoms with Crippen LogP contribution >= 0.6 is 11.3 Å². The number of hydrogen-bond acceptors (Lipinski definition) is 7. The zero-order valence-corrected chi connectivity index (χ0v) is 20.6. The summed E-state index contributed by atoms with van der Waals surface area (Å²) < 4.78 is 1.13. The summed E-state index contributed by atoms with van der Waals surface area (Å²) in [4.78, 5) is 33.8. The molecule has 0 saturated carbocycles. The molecule has 2 aliphatic rings. The summed E-state index contributed by atoms with van der Waals surface area (Å²) in [7, 11) is 0. The van der Waals surface area contributed by atoms with Crippen molar-refractivity contribution in [2.24, 2.45) is 0 Å². The smallest absolute Gasteiger partial charge is 0.320 e. The van der Waals surface area contributed by atoms with Gasteiger partial charge in [-0.05, 0) is 50.1 Å². The number of fused-ring (bicyclic) bond motifs is 2. The third kappa shape index (κ3) is 4.23. The predicted octanol–water partition coefficient (Wildman–Crippen LogP) is 4.20. The first kappa shape index (κ1) is 22.0. The van der Waals surface area contributed by atoms with Crippen LogP contribution in [0, 0.1) is 0 Å². The van der Waals surface area contributed by atoms with Crippen molar-refractivity contribution in [1.29, 1.82) is 0 Å². The van der Waals surface area contributed by atoms with E-state index < -0.39 is 0 Å². The van der Waals surface area contributed by atoms with E-state index in [0.29, 0.717) is 19.1 Å². The topological polar surface area (TPSA) is 102 Å². The van der Waals surface area contributed by atoms with Gasteiger partial charge in [-0.15, -0.1) is 11.3 Å². The number of piperazine rings is 1. The first-order valence-electron chi connectivity index (χ1n) is 12.0. The van der Waals surface area contributed by atoms with Crippen LogP contribution in [-0.2, 0) is 0 Å². The second-order valence-corrected chi connectivity index (χ2v) is 10.2. The number of urea groups is 1. The summed E-state index contributed by atoms with van der Waals surface area (Å²) in [5.74, 6) is 0.761. The molecular weight excluding hydrogens is 460 g/mol. The molecule has 1 aromatic carbocycles. The molecule has 0 aliphatic carbocycles. The number of nitrogens with zero attached hydrogens (tertiary/aromatic N) is 5. The van der Waals surface area contributed by atoms with Crippen molar-refractivity contribution >= 4 is 55.7 Å². The second-order valence-electron chi connectivity index (χ2n) is 9.35. The van der Waals surface area contributed by atoms with Gasteiger partial charge in [0.05, 0.1) is 21.1 Å². The first-order chi connectivity index (χ1) is 17.0. The number of nitrogens with one attached hydrogen (secondary N) is 3. The highest BCUT2D eigenvalue weighted by Crippen LogP contribution is 2.30. The lowest BCUT2D eigenvalue weighted by atomic mass is 10.0. The molecule has 5 heterocycles. The van der Waals surface area contributed by atoms with E-state index >= 15 is 0 Å². The van der Waals surface area contributed by atoms with E-state index in [1.54, 1.807) is 17.7 Å². The zero-order valence-electron chi connectivity index (χ0n) is 19.8. The molecule has 10 heteroatoms. The molecular formula is C25H28N8OS. The average Bonchev–Trinajstić information content (AvgIpc) is 3.52. The number of benzene rings is 1. The fraction of sp³-hybridized carbons (Fsp3) is 0.360. The molecule has 35 heavy (non-hydrogen) atoms. The van der Waals surface area contributed by atoms with E-state index in [4.69, 9.17) is 0 Å². The van der Waals surface area contributed by atoms with Gasteiger partial charge in [-0.25, -0.2) is 19.7 Å². The van der Waals surface area contributed by atoms with Crippen LogP contribution in [-0.4, -0.2) is 74.0 Å². The Kier molecular flexibility index (Phi) is 5.62. The van der Waals surface area contributed by atoms with E-state index in [9.17, 15) is 4.79 Å². The lowest BCUT2D eigenvalue weighted by Crippen LogP contribution is -2.59. The van der Waals surface area contributed by atoms with E-state index in [-0.39, 0.29) is 12.1 Å². The minimum atomic E-state index is 0.132. The van der Waals surface area contributed by atoms with Gasteiger partial charge in [-0.1, -0.05) is 6.08 Å². The molecule has 3 N–H and O–H groups in total. The highest BCUT2D eigenvalue weighted by molar-refractivity contribution is 7.16. The van der Waals surface area contributed by atoms with Crippen LogP contribution in [0.25, 0.3) is 26.8 Å². The van der Waals surface area contributed by atoms with Gasteiger partial charge in [0, 0.05) is 49.6 Å². The Hall–Kier alpha value is -3.50. The summed E-state index contributed by atoms with van der Waals surface area (Å²) in [5.41, 5.74) is 6.83. The molecule has 1 fully saturated rings. The molecule has 2 amide bonds. The van der Waals surface area contributed by atoms with Crippen molar-refractivity contribution in [3.8, 4) is 0 Å². The number of hydrogen-bond donors (Lipinski definition) is 3. The van der Waals surface area contributed by atoms with Gasteiger partial charge in [-0.2, -0.15) is 0 Å². The van der Waals surface area contributed by atoms with Gasteiger partial charge in [-0.3, -0.25) is 0 Å². The first-order valence-corrected chi connectivity index (χ1v) is 12.9. The molecule has 0 radical (unpaired) electrons.